The Kier molecular flexibility index (Phi) is 4.55. The largest absolute Gasteiger partial charge is 0.385 e. The first-order valence-electron chi connectivity index (χ1n) is 4.87. The Hall–Kier alpha value is -0.820. The molecular formula is C12H18O. The predicted octanol–water partition coefficient (Wildman–Crippen LogP) is 2.96. The maximum atomic E-state index is 5.00. The molecule has 0 aliphatic rings. The molecule has 0 fully saturated rings. The van der Waals surface area contributed by atoms with Crippen LogP contribution in [0.5, 0.6) is 0 Å². The van der Waals surface area contributed by atoms with Crippen LogP contribution < -0.4 is 0 Å². The van der Waals surface area contributed by atoms with Crippen molar-refractivity contribution in [3.8, 4) is 0 Å². The fourth-order valence-corrected chi connectivity index (χ4v) is 1.44. The third-order valence-corrected chi connectivity index (χ3v) is 2.15. The van der Waals surface area contributed by atoms with Crippen molar-refractivity contribution in [3.05, 3.63) is 35.4 Å². The number of methoxy groups -OCH3 is 1. The molecule has 0 N–H and O–H groups in total. The lowest BCUT2D eigenvalue weighted by atomic mass is 10.1. The maximum Gasteiger partial charge on any atom is 0.0462 e. The van der Waals surface area contributed by atoms with Gasteiger partial charge in [-0.2, -0.15) is 0 Å². The summed E-state index contributed by atoms with van der Waals surface area (Å²) in [6.45, 7) is 3.02. The van der Waals surface area contributed by atoms with Crippen molar-refractivity contribution in [2.24, 2.45) is 0 Å². The highest BCUT2D eigenvalue weighted by atomic mass is 16.5. The smallest absolute Gasteiger partial charge is 0.0462 e. The molecule has 0 bridgehead atoms. The molecule has 0 spiro atoms. The fourth-order valence-electron chi connectivity index (χ4n) is 1.44. The van der Waals surface area contributed by atoms with Gasteiger partial charge in [-0.15, -0.1) is 0 Å². The molecule has 1 heteroatoms. The fraction of sp³-hybridized carbons (Fsp3) is 0.500. The number of rotatable bonds is 5. The second-order valence-electron chi connectivity index (χ2n) is 3.44. The zero-order valence-corrected chi connectivity index (χ0v) is 8.55. The summed E-state index contributed by atoms with van der Waals surface area (Å²) in [6.07, 6.45) is 3.55. The molecule has 0 unspecified atom stereocenters. The lowest BCUT2D eigenvalue weighted by Gasteiger charge is -2.02. The molecule has 1 rings (SSSR count). The van der Waals surface area contributed by atoms with Gasteiger partial charge in [-0.25, -0.2) is 0 Å². The molecule has 0 heterocycles. The third-order valence-electron chi connectivity index (χ3n) is 2.15. The van der Waals surface area contributed by atoms with E-state index in [9.17, 15) is 0 Å². The van der Waals surface area contributed by atoms with Gasteiger partial charge in [0.05, 0.1) is 0 Å². The Morgan fingerprint density at radius 3 is 2.77 bits per heavy atom. The van der Waals surface area contributed by atoms with Crippen LogP contribution in [-0.2, 0) is 11.2 Å². The minimum Gasteiger partial charge on any atom is -0.385 e. The molecule has 13 heavy (non-hydrogen) atoms. The molecule has 0 aromatic heterocycles. The molecule has 72 valence electrons. The average molecular weight is 178 g/mol. The summed E-state index contributed by atoms with van der Waals surface area (Å²) in [7, 11) is 1.76. The van der Waals surface area contributed by atoms with Gasteiger partial charge in [-0.3, -0.25) is 0 Å². The van der Waals surface area contributed by atoms with E-state index in [0.717, 1.165) is 13.0 Å². The van der Waals surface area contributed by atoms with E-state index in [4.69, 9.17) is 4.74 Å². The van der Waals surface area contributed by atoms with Gasteiger partial charge in [0.1, 0.15) is 0 Å². The van der Waals surface area contributed by atoms with Crippen LogP contribution in [0.4, 0.5) is 0 Å². The van der Waals surface area contributed by atoms with Crippen LogP contribution >= 0.6 is 0 Å². The summed E-state index contributed by atoms with van der Waals surface area (Å²) >= 11 is 0. The van der Waals surface area contributed by atoms with Crippen molar-refractivity contribution in [1.29, 1.82) is 0 Å². The van der Waals surface area contributed by atoms with Gasteiger partial charge in [-0.1, -0.05) is 29.8 Å². The summed E-state index contributed by atoms with van der Waals surface area (Å²) in [5, 5.41) is 0. The molecular weight excluding hydrogens is 160 g/mol. The molecule has 0 amide bonds. The highest BCUT2D eigenvalue weighted by Gasteiger charge is 1.93. The summed E-state index contributed by atoms with van der Waals surface area (Å²) in [4.78, 5) is 0. The molecule has 0 atom stereocenters. The molecule has 0 saturated heterocycles. The maximum absolute atomic E-state index is 5.00. The van der Waals surface area contributed by atoms with Gasteiger partial charge in [0.15, 0.2) is 0 Å². The van der Waals surface area contributed by atoms with Crippen LogP contribution in [-0.4, -0.2) is 13.7 Å². The van der Waals surface area contributed by atoms with Crippen LogP contribution in [0.3, 0.4) is 0 Å². The van der Waals surface area contributed by atoms with Crippen LogP contribution in [0.1, 0.15) is 24.0 Å². The minimum absolute atomic E-state index is 0.881. The molecule has 0 radical (unpaired) electrons. The van der Waals surface area contributed by atoms with Crippen LogP contribution in [0.25, 0.3) is 0 Å². The molecule has 0 aliphatic carbocycles. The Morgan fingerprint density at radius 1 is 1.23 bits per heavy atom. The van der Waals surface area contributed by atoms with Crippen molar-refractivity contribution >= 4 is 0 Å². The predicted molar refractivity (Wildman–Crippen MR) is 56.0 cm³/mol. The SMILES string of the molecule is COCCCCc1cccc(C)c1. The summed E-state index contributed by atoms with van der Waals surface area (Å²) in [5.74, 6) is 0. The van der Waals surface area contributed by atoms with Crippen molar-refractivity contribution in [1.82, 2.24) is 0 Å². The number of ether oxygens (including phenoxy) is 1. The first-order chi connectivity index (χ1) is 6.33. The van der Waals surface area contributed by atoms with Gasteiger partial charge in [0, 0.05) is 13.7 Å². The highest BCUT2D eigenvalue weighted by molar-refractivity contribution is 5.22. The van der Waals surface area contributed by atoms with Gasteiger partial charge >= 0.3 is 0 Å². The minimum atomic E-state index is 0.881. The molecule has 1 nitrogen and oxygen atoms in total. The first kappa shape index (κ1) is 10.3. The average Bonchev–Trinajstić information content (AvgIpc) is 2.13. The normalized spacial score (nSPS) is 10.3. The molecule has 0 aliphatic heterocycles. The highest BCUT2D eigenvalue weighted by Crippen LogP contribution is 2.07. The van der Waals surface area contributed by atoms with E-state index < -0.39 is 0 Å². The van der Waals surface area contributed by atoms with Gasteiger partial charge < -0.3 is 4.74 Å². The molecule has 1 aromatic carbocycles. The quantitative estimate of drug-likeness (QED) is 0.630. The topological polar surface area (TPSA) is 9.23 Å². The molecule has 0 saturated carbocycles. The summed E-state index contributed by atoms with van der Waals surface area (Å²) < 4.78 is 5.00. The number of unbranched alkanes of at least 4 members (excludes halogenated alkanes) is 1. The van der Waals surface area contributed by atoms with Crippen molar-refractivity contribution in [3.63, 3.8) is 0 Å². The van der Waals surface area contributed by atoms with E-state index in [1.807, 2.05) is 0 Å². The summed E-state index contributed by atoms with van der Waals surface area (Å²) in [6, 6.07) is 8.71. The van der Waals surface area contributed by atoms with Crippen LogP contribution in [0.15, 0.2) is 24.3 Å². The number of hydrogen-bond donors (Lipinski definition) is 0. The number of hydrogen-bond acceptors (Lipinski definition) is 1. The zero-order valence-electron chi connectivity index (χ0n) is 8.55. The van der Waals surface area contributed by atoms with Gasteiger partial charge in [0.25, 0.3) is 0 Å². The standard InChI is InChI=1S/C12H18O/c1-11-6-5-8-12(10-11)7-3-4-9-13-2/h5-6,8,10H,3-4,7,9H2,1-2H3. The summed E-state index contributed by atoms with van der Waals surface area (Å²) in [5.41, 5.74) is 2.79. The first-order valence-corrected chi connectivity index (χ1v) is 4.87. The molecule has 1 aromatic rings. The number of aryl methyl sites for hydroxylation is 2. The lowest BCUT2D eigenvalue weighted by Crippen LogP contribution is -1.91. The van der Waals surface area contributed by atoms with Crippen molar-refractivity contribution < 1.29 is 4.74 Å². The van der Waals surface area contributed by atoms with E-state index in [1.54, 1.807) is 7.11 Å². The van der Waals surface area contributed by atoms with E-state index in [-0.39, 0.29) is 0 Å². The van der Waals surface area contributed by atoms with Crippen LogP contribution in [0.2, 0.25) is 0 Å². The van der Waals surface area contributed by atoms with E-state index in [2.05, 4.69) is 31.2 Å². The van der Waals surface area contributed by atoms with Gasteiger partial charge in [0.2, 0.25) is 0 Å². The second kappa shape index (κ2) is 5.76. The van der Waals surface area contributed by atoms with Gasteiger partial charge in [-0.05, 0) is 31.7 Å². The van der Waals surface area contributed by atoms with Crippen molar-refractivity contribution in [2.75, 3.05) is 13.7 Å². The van der Waals surface area contributed by atoms with E-state index >= 15 is 0 Å². The zero-order chi connectivity index (χ0) is 9.52. The Bertz CT molecular complexity index is 243. The Morgan fingerprint density at radius 2 is 2.08 bits per heavy atom. The lowest BCUT2D eigenvalue weighted by molar-refractivity contribution is 0.193. The Labute approximate surface area is 80.7 Å². The van der Waals surface area contributed by atoms with E-state index in [1.165, 1.54) is 24.0 Å². The van der Waals surface area contributed by atoms with Crippen molar-refractivity contribution in [2.45, 2.75) is 26.2 Å². The van der Waals surface area contributed by atoms with E-state index in [0.29, 0.717) is 0 Å². The monoisotopic (exact) mass is 178 g/mol. The third kappa shape index (κ3) is 4.09. The number of benzene rings is 1. The van der Waals surface area contributed by atoms with Crippen LogP contribution in [0, 0.1) is 6.92 Å². The second-order valence-corrected chi connectivity index (χ2v) is 3.44. The Balaban J connectivity index is 2.28.